The molecule has 6 nitrogen and oxygen atoms in total. The van der Waals surface area contributed by atoms with Crippen LogP contribution in [0.2, 0.25) is 0 Å². The van der Waals surface area contributed by atoms with Crippen LogP contribution < -0.4 is 10.1 Å². The zero-order valence-electron chi connectivity index (χ0n) is 22.1. The zero-order valence-corrected chi connectivity index (χ0v) is 22.1. The first-order valence-corrected chi connectivity index (χ1v) is 13.3. The second-order valence-electron chi connectivity index (χ2n) is 11.1. The Morgan fingerprint density at radius 1 is 1.06 bits per heavy atom. The van der Waals surface area contributed by atoms with Gasteiger partial charge in [-0.3, -0.25) is 14.5 Å². The summed E-state index contributed by atoms with van der Waals surface area (Å²) in [7, 11) is 0. The molecular formula is C30H42N2O4. The van der Waals surface area contributed by atoms with Crippen molar-refractivity contribution in [3.05, 3.63) is 64.7 Å². The lowest BCUT2D eigenvalue weighted by atomic mass is 9.92. The van der Waals surface area contributed by atoms with Crippen molar-refractivity contribution in [1.82, 2.24) is 10.2 Å². The molecule has 0 radical (unpaired) electrons. The lowest BCUT2D eigenvalue weighted by Crippen LogP contribution is -2.28. The van der Waals surface area contributed by atoms with Gasteiger partial charge < -0.3 is 15.2 Å². The summed E-state index contributed by atoms with van der Waals surface area (Å²) in [4.78, 5) is 26.0. The summed E-state index contributed by atoms with van der Waals surface area (Å²) in [6.45, 7) is 11.1. The topological polar surface area (TPSA) is 78.9 Å². The third-order valence-electron chi connectivity index (χ3n) is 6.52. The number of fused-ring (bicyclic) bond motifs is 3. The van der Waals surface area contributed by atoms with Crippen LogP contribution in [0.5, 0.6) is 5.75 Å². The van der Waals surface area contributed by atoms with Crippen molar-refractivity contribution >= 4 is 11.9 Å². The van der Waals surface area contributed by atoms with Crippen molar-refractivity contribution in [1.29, 1.82) is 0 Å². The second-order valence-corrected chi connectivity index (χ2v) is 11.1. The fourth-order valence-electron chi connectivity index (χ4n) is 4.42. The second kappa shape index (κ2) is 13.4. The van der Waals surface area contributed by atoms with Gasteiger partial charge in [0.15, 0.2) is 0 Å². The lowest BCUT2D eigenvalue weighted by Gasteiger charge is -2.27. The van der Waals surface area contributed by atoms with Gasteiger partial charge in [0.05, 0.1) is 6.61 Å². The number of carboxylic acid groups (broad SMARTS) is 1. The van der Waals surface area contributed by atoms with Crippen LogP contribution in [0.3, 0.4) is 0 Å². The number of nitrogens with one attached hydrogen (secondary N) is 1. The Morgan fingerprint density at radius 2 is 1.86 bits per heavy atom. The van der Waals surface area contributed by atoms with Gasteiger partial charge in [-0.25, -0.2) is 0 Å². The monoisotopic (exact) mass is 494 g/mol. The van der Waals surface area contributed by atoms with Crippen LogP contribution in [0.25, 0.3) is 0 Å². The van der Waals surface area contributed by atoms with Gasteiger partial charge in [-0.05, 0) is 85.5 Å². The lowest BCUT2D eigenvalue weighted by molar-refractivity contribution is -0.137. The molecule has 0 fully saturated rings. The summed E-state index contributed by atoms with van der Waals surface area (Å²) in [6, 6.07) is 14.3. The standard InChI is InChI=1S/C30H42N2O4/c1-30(2,3)14-17-32-16-5-4-6-18-36-27-13-12-25(29(35)31-15-8-11-28(33)34)21-26(27)20-23-9-7-10-24(19-23)22-32/h7,9-10,12-13,19,21H,4-6,8,11,14-18,20,22H2,1-3H3,(H,31,35)(H,33,34). The Bertz CT molecular complexity index is 1010. The minimum Gasteiger partial charge on any atom is -0.493 e. The maximum atomic E-state index is 12.7. The SMILES string of the molecule is CC(C)(C)CCN1CCCCCOc2ccc(C(=O)NCCCC(=O)O)cc2Cc2cccc(c2)C1. The quantitative estimate of drug-likeness (QED) is 0.485. The number of aliphatic carboxylic acids is 1. The molecule has 36 heavy (non-hydrogen) atoms. The molecule has 0 aromatic heterocycles. The highest BCUT2D eigenvalue weighted by Gasteiger charge is 2.16. The first kappa shape index (κ1) is 27.7. The van der Waals surface area contributed by atoms with E-state index < -0.39 is 5.97 Å². The maximum Gasteiger partial charge on any atom is 0.303 e. The van der Waals surface area contributed by atoms with Crippen LogP contribution in [0.4, 0.5) is 0 Å². The van der Waals surface area contributed by atoms with Gasteiger partial charge >= 0.3 is 5.97 Å². The summed E-state index contributed by atoms with van der Waals surface area (Å²) in [6.07, 6.45) is 5.59. The Hall–Kier alpha value is -2.86. The minimum absolute atomic E-state index is 0.0439. The van der Waals surface area contributed by atoms with Crippen LogP contribution in [0, 0.1) is 5.41 Å². The van der Waals surface area contributed by atoms with E-state index in [2.05, 4.69) is 55.3 Å². The molecule has 0 saturated heterocycles. The summed E-state index contributed by atoms with van der Waals surface area (Å²) in [5, 5.41) is 11.6. The van der Waals surface area contributed by atoms with Crippen molar-refractivity contribution in [3.8, 4) is 5.75 Å². The van der Waals surface area contributed by atoms with E-state index in [4.69, 9.17) is 9.84 Å². The van der Waals surface area contributed by atoms with E-state index in [0.29, 0.717) is 37.0 Å². The number of ether oxygens (including phenoxy) is 1. The van der Waals surface area contributed by atoms with Crippen molar-refractivity contribution in [2.75, 3.05) is 26.2 Å². The number of amides is 1. The predicted octanol–water partition coefficient (Wildman–Crippen LogP) is 5.67. The molecule has 0 saturated carbocycles. The highest BCUT2D eigenvalue weighted by atomic mass is 16.5. The predicted molar refractivity (Wildman–Crippen MR) is 144 cm³/mol. The minimum atomic E-state index is -0.854. The van der Waals surface area contributed by atoms with Gasteiger partial charge in [-0.2, -0.15) is 0 Å². The smallest absolute Gasteiger partial charge is 0.303 e. The highest BCUT2D eigenvalue weighted by molar-refractivity contribution is 5.94. The number of nitrogens with zero attached hydrogens (tertiary/aromatic N) is 1. The summed E-state index contributed by atoms with van der Waals surface area (Å²) >= 11 is 0. The van der Waals surface area contributed by atoms with E-state index in [-0.39, 0.29) is 12.3 Å². The van der Waals surface area contributed by atoms with Crippen LogP contribution >= 0.6 is 0 Å². The van der Waals surface area contributed by atoms with Gasteiger partial charge in [-0.15, -0.1) is 0 Å². The number of hydrogen-bond donors (Lipinski definition) is 2. The van der Waals surface area contributed by atoms with E-state index in [0.717, 1.165) is 50.2 Å². The van der Waals surface area contributed by atoms with Gasteiger partial charge in [0, 0.05) is 31.5 Å². The molecule has 2 aromatic carbocycles. The van der Waals surface area contributed by atoms with Crippen molar-refractivity contribution in [3.63, 3.8) is 0 Å². The molecule has 6 heteroatoms. The first-order chi connectivity index (χ1) is 17.2. The molecule has 1 amide bonds. The Labute approximate surface area is 216 Å². The van der Waals surface area contributed by atoms with E-state index in [9.17, 15) is 9.59 Å². The maximum absolute atomic E-state index is 12.7. The average molecular weight is 495 g/mol. The first-order valence-electron chi connectivity index (χ1n) is 13.3. The number of carboxylic acids is 1. The molecule has 0 atom stereocenters. The summed E-state index contributed by atoms with van der Waals surface area (Å²) < 4.78 is 6.17. The molecule has 0 aliphatic carbocycles. The fraction of sp³-hybridized carbons (Fsp3) is 0.533. The van der Waals surface area contributed by atoms with E-state index in [1.807, 2.05) is 12.1 Å². The Kier molecular flexibility index (Phi) is 10.4. The van der Waals surface area contributed by atoms with E-state index >= 15 is 0 Å². The Morgan fingerprint density at radius 3 is 2.64 bits per heavy atom. The molecular weight excluding hydrogens is 452 g/mol. The van der Waals surface area contributed by atoms with E-state index in [1.165, 1.54) is 17.5 Å². The van der Waals surface area contributed by atoms with Crippen LogP contribution in [-0.4, -0.2) is 48.1 Å². The number of carbonyl (C=O) groups excluding carboxylic acids is 1. The molecule has 2 bridgehead atoms. The number of benzene rings is 2. The van der Waals surface area contributed by atoms with Crippen LogP contribution in [-0.2, 0) is 17.8 Å². The normalized spacial score (nSPS) is 15.3. The highest BCUT2D eigenvalue weighted by Crippen LogP contribution is 2.26. The van der Waals surface area contributed by atoms with E-state index in [1.54, 1.807) is 6.07 Å². The largest absolute Gasteiger partial charge is 0.493 e. The van der Waals surface area contributed by atoms with Crippen LogP contribution in [0.1, 0.15) is 86.3 Å². The zero-order chi connectivity index (χ0) is 26.0. The van der Waals surface area contributed by atoms with Crippen LogP contribution in [0.15, 0.2) is 42.5 Å². The molecule has 3 rings (SSSR count). The molecule has 0 unspecified atom stereocenters. The van der Waals surface area contributed by atoms with Gasteiger partial charge in [0.25, 0.3) is 5.91 Å². The molecule has 2 aromatic rings. The Balaban J connectivity index is 1.77. The van der Waals surface area contributed by atoms with Crippen molar-refractivity contribution in [2.24, 2.45) is 5.41 Å². The number of hydrogen-bond acceptors (Lipinski definition) is 4. The molecule has 0 spiro atoms. The molecule has 1 aliphatic heterocycles. The molecule has 2 N–H and O–H groups in total. The molecule has 1 heterocycles. The van der Waals surface area contributed by atoms with Crippen molar-refractivity contribution < 1.29 is 19.4 Å². The molecule has 196 valence electrons. The number of rotatable bonds is 7. The summed E-state index contributed by atoms with van der Waals surface area (Å²) in [5.74, 6) is -0.218. The number of carbonyl (C=O) groups is 2. The van der Waals surface area contributed by atoms with Gasteiger partial charge in [-0.1, -0.05) is 45.0 Å². The third kappa shape index (κ3) is 9.65. The van der Waals surface area contributed by atoms with Gasteiger partial charge in [0.2, 0.25) is 0 Å². The molecule has 1 aliphatic rings. The van der Waals surface area contributed by atoms with Crippen molar-refractivity contribution in [2.45, 2.75) is 72.3 Å². The third-order valence-corrected chi connectivity index (χ3v) is 6.52. The average Bonchev–Trinajstić information content (AvgIpc) is 2.82. The summed E-state index contributed by atoms with van der Waals surface area (Å²) in [5.41, 5.74) is 4.39. The van der Waals surface area contributed by atoms with Gasteiger partial charge in [0.1, 0.15) is 5.75 Å². The fourth-order valence-corrected chi connectivity index (χ4v) is 4.42.